The Morgan fingerprint density at radius 3 is 2.33 bits per heavy atom. The molecule has 3 aliphatic rings. The Labute approximate surface area is 311 Å². The lowest BCUT2D eigenvalue weighted by atomic mass is 9.65. The third-order valence-corrected chi connectivity index (χ3v) is 10.9. The minimum Gasteiger partial charge on any atom is -0.619 e. The second kappa shape index (κ2) is 16.1. The Kier molecular flexibility index (Phi) is 11.5. The molecule has 274 valence electrons. The van der Waals surface area contributed by atoms with Crippen LogP contribution in [0.1, 0.15) is 46.8 Å². The lowest BCUT2D eigenvalue weighted by Gasteiger charge is -2.51. The molecule has 0 aliphatic carbocycles. The van der Waals surface area contributed by atoms with E-state index in [4.69, 9.17) is 37.4 Å². The number of carboxylic acid groups (broad SMARTS) is 1. The van der Waals surface area contributed by atoms with Crippen LogP contribution in [0, 0.1) is 22.9 Å². The Morgan fingerprint density at radius 1 is 1.00 bits per heavy atom. The summed E-state index contributed by atoms with van der Waals surface area (Å²) in [4.78, 5) is 29.1. The monoisotopic (exact) mass is 751 g/mol. The van der Waals surface area contributed by atoms with Crippen LogP contribution < -0.4 is 19.5 Å². The molecule has 13 heteroatoms. The molecule has 3 fully saturated rings. The van der Waals surface area contributed by atoms with E-state index < -0.39 is 29.4 Å². The summed E-state index contributed by atoms with van der Waals surface area (Å²) in [5.41, 5.74) is 0.816. The molecule has 0 radical (unpaired) electrons. The van der Waals surface area contributed by atoms with Crippen molar-refractivity contribution in [3.63, 3.8) is 0 Å². The van der Waals surface area contributed by atoms with Gasteiger partial charge in [0.25, 0.3) is 0 Å². The quantitative estimate of drug-likeness (QED) is 0.0873. The third kappa shape index (κ3) is 7.83. The number of nitrogens with zero attached hydrogens (tertiary/aromatic N) is 2. The molecular weight excluding hydrogens is 712 g/mol. The fraction of sp³-hybridized carbons (Fsp3) is 0.359. The Balaban J connectivity index is 1.24. The van der Waals surface area contributed by atoms with Gasteiger partial charge in [-0.15, -0.1) is 0 Å². The van der Waals surface area contributed by atoms with Gasteiger partial charge in [-0.25, -0.2) is 9.18 Å². The van der Waals surface area contributed by atoms with Crippen molar-refractivity contribution in [2.24, 2.45) is 11.8 Å². The third-order valence-electron chi connectivity index (χ3n) is 10.3. The van der Waals surface area contributed by atoms with E-state index in [0.717, 1.165) is 31.5 Å². The van der Waals surface area contributed by atoms with Gasteiger partial charge >= 0.3 is 11.9 Å². The van der Waals surface area contributed by atoms with Gasteiger partial charge < -0.3 is 29.4 Å². The number of fused-ring (bicyclic) bond motifs is 3. The number of aromatic nitrogens is 1. The average Bonchev–Trinajstić information content (AvgIpc) is 3.13. The van der Waals surface area contributed by atoms with Crippen molar-refractivity contribution in [2.75, 3.05) is 33.9 Å². The molecule has 0 amide bonds. The van der Waals surface area contributed by atoms with Crippen LogP contribution >= 0.6 is 23.2 Å². The second-order valence-electron chi connectivity index (χ2n) is 13.3. The number of hydrogen-bond acceptors (Lipinski definition) is 8. The highest BCUT2D eigenvalue weighted by atomic mass is 35.5. The normalized spacial score (nSPS) is 19.8. The molecule has 1 aromatic heterocycles. The molecule has 2 bridgehead atoms. The molecule has 2 N–H and O–H groups in total. The highest BCUT2D eigenvalue weighted by Crippen LogP contribution is 2.45. The highest BCUT2D eigenvalue weighted by molar-refractivity contribution is 6.35. The van der Waals surface area contributed by atoms with Gasteiger partial charge in [0.15, 0.2) is 23.9 Å². The number of halogens is 3. The maximum Gasteiger partial charge on any atom is 0.329 e. The summed E-state index contributed by atoms with van der Waals surface area (Å²) >= 11 is 12.8. The van der Waals surface area contributed by atoms with E-state index in [0.29, 0.717) is 39.5 Å². The van der Waals surface area contributed by atoms with Gasteiger partial charge in [0, 0.05) is 36.6 Å². The molecule has 0 saturated carbocycles. The number of esters is 1. The minimum atomic E-state index is -1.66. The molecule has 7 rings (SSSR count). The van der Waals surface area contributed by atoms with E-state index in [1.807, 2.05) is 12.1 Å². The van der Waals surface area contributed by atoms with Gasteiger partial charge in [0.05, 0.1) is 20.6 Å². The van der Waals surface area contributed by atoms with Crippen LogP contribution in [-0.2, 0) is 39.3 Å². The Morgan fingerprint density at radius 2 is 1.69 bits per heavy atom. The summed E-state index contributed by atoms with van der Waals surface area (Å²) in [6.07, 6.45) is 3.17. The van der Waals surface area contributed by atoms with Crippen LogP contribution in [0.25, 0.3) is 0 Å². The molecular formula is C39H40Cl2FN3O7. The summed E-state index contributed by atoms with van der Waals surface area (Å²) in [5, 5.41) is 26.3. The van der Waals surface area contributed by atoms with E-state index >= 15 is 4.39 Å². The molecule has 1 unspecified atom stereocenters. The Hall–Kier alpha value is -4.42. The zero-order chi connectivity index (χ0) is 37.0. The predicted octanol–water partition coefficient (Wildman–Crippen LogP) is 6.26. The van der Waals surface area contributed by atoms with Gasteiger partial charge in [0.1, 0.15) is 27.5 Å². The number of carbonyl (C=O) groups excluding carboxylic acids is 1. The van der Waals surface area contributed by atoms with Crippen molar-refractivity contribution in [2.45, 2.75) is 43.9 Å². The summed E-state index contributed by atoms with van der Waals surface area (Å²) in [6.45, 7) is 2.49. The summed E-state index contributed by atoms with van der Waals surface area (Å²) in [6, 6.07) is 18.4. The molecule has 4 aromatic rings. The SMILES string of the molecule is COc1ccc([C@H](Cc2c(Cl)c[n+]([O-])cc2Cl)OC(=O)Cc2cccc(CNC(C(=O)O)(c3ccccc3F)[C@H]3CN4CCC3CC4)c2)cc1OC. The molecule has 3 saturated heterocycles. The molecule has 0 spiro atoms. The van der Waals surface area contributed by atoms with Crippen LogP contribution in [0.2, 0.25) is 10.0 Å². The summed E-state index contributed by atoms with van der Waals surface area (Å²) in [7, 11) is 3.01. The average molecular weight is 753 g/mol. The molecule has 52 heavy (non-hydrogen) atoms. The number of nitrogens with one attached hydrogen (secondary N) is 1. The zero-order valence-electron chi connectivity index (χ0n) is 28.8. The number of carboxylic acids is 1. The van der Waals surface area contributed by atoms with E-state index in [-0.39, 0.29) is 46.8 Å². The Bertz CT molecular complexity index is 1920. The lowest BCUT2D eigenvalue weighted by Crippen LogP contribution is -2.63. The van der Waals surface area contributed by atoms with Gasteiger partial charge in [-0.05, 0) is 66.7 Å². The summed E-state index contributed by atoms with van der Waals surface area (Å²) < 4.78 is 32.9. The molecule has 3 aliphatic heterocycles. The summed E-state index contributed by atoms with van der Waals surface area (Å²) in [5.74, 6) is -1.54. The van der Waals surface area contributed by atoms with Gasteiger partial charge in [-0.3, -0.25) is 10.1 Å². The maximum absolute atomic E-state index is 15.5. The first-order chi connectivity index (χ1) is 25.0. The molecule has 3 atom stereocenters. The number of methoxy groups -OCH3 is 2. The first-order valence-electron chi connectivity index (χ1n) is 17.0. The number of aliphatic carboxylic acids is 1. The first-order valence-corrected chi connectivity index (χ1v) is 17.8. The predicted molar refractivity (Wildman–Crippen MR) is 193 cm³/mol. The minimum absolute atomic E-state index is 0.0661. The van der Waals surface area contributed by atoms with Crippen LogP contribution in [-0.4, -0.2) is 55.8 Å². The van der Waals surface area contributed by atoms with Crippen molar-refractivity contribution >= 4 is 35.1 Å². The fourth-order valence-corrected chi connectivity index (χ4v) is 8.26. The van der Waals surface area contributed by atoms with Gasteiger partial charge in [-0.2, -0.15) is 4.73 Å². The van der Waals surface area contributed by atoms with Crippen LogP contribution in [0.5, 0.6) is 11.5 Å². The zero-order valence-corrected chi connectivity index (χ0v) is 30.3. The van der Waals surface area contributed by atoms with Crippen molar-refractivity contribution in [1.29, 1.82) is 0 Å². The first kappa shape index (κ1) is 37.3. The molecule has 10 nitrogen and oxygen atoms in total. The van der Waals surface area contributed by atoms with Crippen molar-refractivity contribution in [3.8, 4) is 11.5 Å². The highest BCUT2D eigenvalue weighted by Gasteiger charge is 2.54. The van der Waals surface area contributed by atoms with Crippen LogP contribution in [0.15, 0.2) is 79.1 Å². The van der Waals surface area contributed by atoms with E-state index in [9.17, 15) is 19.9 Å². The smallest absolute Gasteiger partial charge is 0.329 e. The molecule has 3 aromatic carbocycles. The van der Waals surface area contributed by atoms with Gasteiger partial charge in [-0.1, -0.05) is 71.7 Å². The number of hydrogen-bond donors (Lipinski definition) is 2. The van der Waals surface area contributed by atoms with E-state index in [1.54, 1.807) is 48.5 Å². The lowest BCUT2D eigenvalue weighted by molar-refractivity contribution is -0.605. The largest absolute Gasteiger partial charge is 0.619 e. The van der Waals surface area contributed by atoms with Crippen LogP contribution in [0.3, 0.4) is 0 Å². The standard InChI is InChI=1S/C39H40Cl2FN3O7/c1-50-34-11-10-27(18-36(34)51-2)35(19-28-31(40)22-45(49)23-32(28)41)52-37(46)17-24-6-5-7-25(16-24)20-43-39(38(47)48,29-8-3-4-9-33(29)42)30-21-44-14-12-26(30)13-15-44/h3-11,16,18,22-23,26,30,35,43H,12-15,17,19-21H2,1-2H3,(H,47,48)/t30-,35-,39?/m0/s1. The number of piperidine rings is 3. The van der Waals surface area contributed by atoms with Gasteiger partial charge in [0.2, 0.25) is 0 Å². The number of benzene rings is 3. The fourth-order valence-electron chi connectivity index (χ4n) is 7.66. The number of ether oxygens (including phenoxy) is 3. The number of pyridine rings is 1. The maximum atomic E-state index is 15.5. The van der Waals surface area contributed by atoms with Crippen LogP contribution in [0.4, 0.5) is 4.39 Å². The number of carbonyl (C=O) groups is 2. The second-order valence-corrected chi connectivity index (χ2v) is 14.1. The van der Waals surface area contributed by atoms with E-state index in [1.165, 1.54) is 32.7 Å². The molecule has 4 heterocycles. The number of rotatable bonds is 14. The van der Waals surface area contributed by atoms with Crippen molar-refractivity contribution < 1.29 is 38.0 Å². The van der Waals surface area contributed by atoms with Crippen molar-refractivity contribution in [1.82, 2.24) is 10.2 Å². The van der Waals surface area contributed by atoms with E-state index in [2.05, 4.69) is 10.2 Å². The van der Waals surface area contributed by atoms with Crippen molar-refractivity contribution in [3.05, 3.63) is 128 Å². The topological polar surface area (TPSA) is 124 Å².